The largest absolute Gasteiger partial charge is 0.484 e. The van der Waals surface area contributed by atoms with Gasteiger partial charge in [0, 0.05) is 12.3 Å². The van der Waals surface area contributed by atoms with Crippen molar-refractivity contribution in [1.82, 2.24) is 0 Å². The standard InChI is InChI=1S/C16H22N2O4/c1-3-22-16(2,11-4-5-11)15(20)18-12-6-8-13(9-7-12)21-10-14(17)19/h6-9,11H,3-5,10H2,1-2H3,(H2,17,19)(H,18,20). The van der Waals surface area contributed by atoms with E-state index in [0.29, 0.717) is 18.0 Å². The van der Waals surface area contributed by atoms with E-state index in [1.54, 1.807) is 24.3 Å². The molecule has 1 aromatic rings. The Balaban J connectivity index is 1.97. The molecule has 0 spiro atoms. The van der Waals surface area contributed by atoms with Gasteiger partial charge in [0.05, 0.1) is 0 Å². The quantitative estimate of drug-likeness (QED) is 0.764. The Kier molecular flexibility index (Phi) is 5.03. The summed E-state index contributed by atoms with van der Waals surface area (Å²) >= 11 is 0. The van der Waals surface area contributed by atoms with Crippen molar-refractivity contribution in [1.29, 1.82) is 0 Å². The van der Waals surface area contributed by atoms with E-state index < -0.39 is 11.5 Å². The third kappa shape index (κ3) is 3.98. The van der Waals surface area contributed by atoms with Crippen molar-refractivity contribution in [2.45, 2.75) is 32.3 Å². The molecule has 1 saturated carbocycles. The molecule has 22 heavy (non-hydrogen) atoms. The van der Waals surface area contributed by atoms with Crippen molar-refractivity contribution < 1.29 is 19.1 Å². The molecule has 6 heteroatoms. The summed E-state index contributed by atoms with van der Waals surface area (Å²) in [5.74, 6) is 0.133. The second kappa shape index (κ2) is 6.79. The zero-order valence-electron chi connectivity index (χ0n) is 12.9. The van der Waals surface area contributed by atoms with Gasteiger partial charge in [-0.15, -0.1) is 0 Å². The second-order valence-electron chi connectivity index (χ2n) is 5.55. The van der Waals surface area contributed by atoms with Crippen molar-refractivity contribution in [3.63, 3.8) is 0 Å². The minimum Gasteiger partial charge on any atom is -0.484 e. The number of carbonyl (C=O) groups excluding carboxylic acids is 2. The fourth-order valence-corrected chi connectivity index (χ4v) is 2.35. The summed E-state index contributed by atoms with van der Waals surface area (Å²) < 4.78 is 10.9. The number of carbonyl (C=O) groups is 2. The Hall–Kier alpha value is -2.08. The van der Waals surface area contributed by atoms with E-state index in [0.717, 1.165) is 12.8 Å². The van der Waals surface area contributed by atoms with Crippen LogP contribution in [0.4, 0.5) is 5.69 Å². The Morgan fingerprint density at radius 1 is 1.32 bits per heavy atom. The average Bonchev–Trinajstić information content (AvgIpc) is 3.31. The van der Waals surface area contributed by atoms with Gasteiger partial charge < -0.3 is 20.5 Å². The molecule has 2 rings (SSSR count). The van der Waals surface area contributed by atoms with Crippen LogP contribution < -0.4 is 15.8 Å². The van der Waals surface area contributed by atoms with Gasteiger partial charge in [-0.1, -0.05) is 0 Å². The molecule has 0 aromatic heterocycles. The first-order valence-electron chi connectivity index (χ1n) is 7.42. The molecule has 120 valence electrons. The molecule has 1 aliphatic carbocycles. The molecular weight excluding hydrogens is 284 g/mol. The third-order valence-electron chi connectivity index (χ3n) is 3.74. The van der Waals surface area contributed by atoms with Crippen LogP contribution in [0.2, 0.25) is 0 Å². The lowest BCUT2D eigenvalue weighted by Crippen LogP contribution is -2.44. The van der Waals surface area contributed by atoms with Gasteiger partial charge in [0.15, 0.2) is 6.61 Å². The lowest BCUT2D eigenvalue weighted by atomic mass is 9.99. The number of nitrogens with one attached hydrogen (secondary N) is 1. The summed E-state index contributed by atoms with van der Waals surface area (Å²) in [5.41, 5.74) is 4.89. The first kappa shape index (κ1) is 16.3. The number of hydrogen-bond acceptors (Lipinski definition) is 4. The molecule has 2 amide bonds. The van der Waals surface area contributed by atoms with E-state index in [1.165, 1.54) is 0 Å². The molecule has 0 radical (unpaired) electrons. The van der Waals surface area contributed by atoms with Gasteiger partial charge >= 0.3 is 0 Å². The summed E-state index contributed by atoms with van der Waals surface area (Å²) in [6.45, 7) is 4.06. The fraction of sp³-hybridized carbons (Fsp3) is 0.500. The Labute approximate surface area is 130 Å². The number of nitrogens with two attached hydrogens (primary N) is 1. The maximum absolute atomic E-state index is 12.5. The number of rotatable bonds is 8. The molecule has 3 N–H and O–H groups in total. The maximum Gasteiger partial charge on any atom is 0.256 e. The van der Waals surface area contributed by atoms with Crippen LogP contribution in [0.25, 0.3) is 0 Å². The van der Waals surface area contributed by atoms with Crippen LogP contribution in [0, 0.1) is 5.92 Å². The van der Waals surface area contributed by atoms with E-state index >= 15 is 0 Å². The average molecular weight is 306 g/mol. The van der Waals surface area contributed by atoms with Gasteiger partial charge in [0.1, 0.15) is 11.4 Å². The molecule has 0 aliphatic heterocycles. The number of primary amides is 1. The number of hydrogen-bond donors (Lipinski definition) is 2. The summed E-state index contributed by atoms with van der Waals surface area (Å²) in [7, 11) is 0. The van der Waals surface area contributed by atoms with Crippen LogP contribution >= 0.6 is 0 Å². The molecule has 1 unspecified atom stereocenters. The Morgan fingerprint density at radius 3 is 2.45 bits per heavy atom. The zero-order chi connectivity index (χ0) is 16.2. The van der Waals surface area contributed by atoms with Gasteiger partial charge in [0.2, 0.25) is 0 Å². The number of anilines is 1. The van der Waals surface area contributed by atoms with Gasteiger partial charge in [-0.2, -0.15) is 0 Å². The smallest absolute Gasteiger partial charge is 0.256 e. The van der Waals surface area contributed by atoms with Crippen LogP contribution in [0.1, 0.15) is 26.7 Å². The molecule has 1 atom stereocenters. The molecule has 6 nitrogen and oxygen atoms in total. The fourth-order valence-electron chi connectivity index (χ4n) is 2.35. The first-order valence-corrected chi connectivity index (χ1v) is 7.42. The summed E-state index contributed by atoms with van der Waals surface area (Å²) in [6.07, 6.45) is 2.04. The SMILES string of the molecule is CCOC(C)(C(=O)Nc1ccc(OCC(N)=O)cc1)C1CC1. The minimum absolute atomic E-state index is 0.136. The van der Waals surface area contributed by atoms with E-state index in [9.17, 15) is 9.59 Å². The monoisotopic (exact) mass is 306 g/mol. The Bertz CT molecular complexity index is 540. The molecule has 1 fully saturated rings. The lowest BCUT2D eigenvalue weighted by Gasteiger charge is -2.28. The highest BCUT2D eigenvalue weighted by molar-refractivity contribution is 5.97. The van der Waals surface area contributed by atoms with E-state index in [4.69, 9.17) is 15.2 Å². The van der Waals surface area contributed by atoms with Crippen LogP contribution in [0.15, 0.2) is 24.3 Å². The predicted octanol–water partition coefficient (Wildman–Crippen LogP) is 1.69. The summed E-state index contributed by atoms with van der Waals surface area (Å²) in [4.78, 5) is 23.1. The molecule has 0 saturated heterocycles. The highest BCUT2D eigenvalue weighted by atomic mass is 16.5. The molecule has 0 bridgehead atoms. The van der Waals surface area contributed by atoms with Crippen LogP contribution in [0.3, 0.4) is 0 Å². The van der Waals surface area contributed by atoms with Crippen molar-refractivity contribution in [3.05, 3.63) is 24.3 Å². The predicted molar refractivity (Wildman–Crippen MR) is 82.5 cm³/mol. The van der Waals surface area contributed by atoms with E-state index in [1.807, 2.05) is 13.8 Å². The minimum atomic E-state index is -0.782. The van der Waals surface area contributed by atoms with E-state index in [-0.39, 0.29) is 18.4 Å². The molecular formula is C16H22N2O4. The van der Waals surface area contributed by atoms with Gasteiger partial charge in [-0.3, -0.25) is 9.59 Å². The van der Waals surface area contributed by atoms with Crippen molar-refractivity contribution in [3.8, 4) is 5.75 Å². The lowest BCUT2D eigenvalue weighted by molar-refractivity contribution is -0.141. The molecule has 1 aliphatic rings. The second-order valence-corrected chi connectivity index (χ2v) is 5.55. The number of benzene rings is 1. The normalized spacial score (nSPS) is 16.6. The highest BCUT2D eigenvalue weighted by Gasteiger charge is 2.48. The van der Waals surface area contributed by atoms with Crippen LogP contribution in [-0.2, 0) is 14.3 Å². The zero-order valence-corrected chi connectivity index (χ0v) is 12.9. The first-order chi connectivity index (χ1) is 10.5. The molecule has 0 heterocycles. The molecule has 1 aromatic carbocycles. The van der Waals surface area contributed by atoms with E-state index in [2.05, 4.69) is 5.32 Å². The van der Waals surface area contributed by atoms with Crippen molar-refractivity contribution in [2.75, 3.05) is 18.5 Å². The highest BCUT2D eigenvalue weighted by Crippen LogP contribution is 2.42. The van der Waals surface area contributed by atoms with Gasteiger partial charge in [-0.05, 0) is 56.9 Å². The Morgan fingerprint density at radius 2 is 1.95 bits per heavy atom. The summed E-state index contributed by atoms with van der Waals surface area (Å²) in [6, 6.07) is 6.78. The number of amides is 2. The van der Waals surface area contributed by atoms with Gasteiger partial charge in [0.25, 0.3) is 11.8 Å². The summed E-state index contributed by atoms with van der Waals surface area (Å²) in [5, 5.41) is 2.87. The van der Waals surface area contributed by atoms with Crippen molar-refractivity contribution >= 4 is 17.5 Å². The van der Waals surface area contributed by atoms with Gasteiger partial charge in [-0.25, -0.2) is 0 Å². The number of ether oxygens (including phenoxy) is 2. The third-order valence-corrected chi connectivity index (χ3v) is 3.74. The topological polar surface area (TPSA) is 90.7 Å². The maximum atomic E-state index is 12.5. The van der Waals surface area contributed by atoms with Crippen LogP contribution in [0.5, 0.6) is 5.75 Å². The van der Waals surface area contributed by atoms with Crippen molar-refractivity contribution in [2.24, 2.45) is 11.7 Å². The van der Waals surface area contributed by atoms with Crippen LogP contribution in [-0.4, -0.2) is 30.6 Å².